The highest BCUT2D eigenvalue weighted by molar-refractivity contribution is 4.85. The highest BCUT2D eigenvalue weighted by atomic mass is 16.5. The molecule has 58 valence electrons. The summed E-state index contributed by atoms with van der Waals surface area (Å²) in [4.78, 5) is 0. The van der Waals surface area contributed by atoms with Gasteiger partial charge in [-0.15, -0.1) is 0 Å². The van der Waals surface area contributed by atoms with Crippen molar-refractivity contribution in [2.45, 2.75) is 39.2 Å². The van der Waals surface area contributed by atoms with Crippen molar-refractivity contribution >= 4 is 0 Å². The van der Waals surface area contributed by atoms with Gasteiger partial charge in [0.05, 0.1) is 6.10 Å². The molecule has 2 radical (unpaired) electrons. The van der Waals surface area contributed by atoms with E-state index in [4.69, 9.17) is 4.74 Å². The lowest BCUT2D eigenvalue weighted by atomic mass is 9.90. The van der Waals surface area contributed by atoms with Gasteiger partial charge in [-0.1, -0.05) is 20.3 Å². The summed E-state index contributed by atoms with van der Waals surface area (Å²) < 4.78 is 5.57. The zero-order valence-corrected chi connectivity index (χ0v) is 6.89. The second kappa shape index (κ2) is 3.97. The summed E-state index contributed by atoms with van der Waals surface area (Å²) in [5.41, 5.74) is 0. The normalized spacial score (nSPS) is 34.2. The molecule has 1 heteroatoms. The molecule has 0 spiro atoms. The highest BCUT2D eigenvalue weighted by Crippen LogP contribution is 2.24. The summed E-state index contributed by atoms with van der Waals surface area (Å²) in [7, 11) is 0. The molecule has 0 amide bonds. The summed E-state index contributed by atoms with van der Waals surface area (Å²) in [6, 6.07) is 0. The topological polar surface area (TPSA) is 9.23 Å². The van der Waals surface area contributed by atoms with Gasteiger partial charge in [0.25, 0.3) is 0 Å². The third-order valence-electron chi connectivity index (χ3n) is 2.13. The van der Waals surface area contributed by atoms with E-state index in [2.05, 4.69) is 20.3 Å². The van der Waals surface area contributed by atoms with E-state index < -0.39 is 0 Å². The van der Waals surface area contributed by atoms with Crippen LogP contribution >= 0.6 is 0 Å². The largest absolute Gasteiger partial charge is 0.378 e. The van der Waals surface area contributed by atoms with Crippen molar-refractivity contribution in [3.05, 3.63) is 6.42 Å². The minimum absolute atomic E-state index is 0.457. The minimum Gasteiger partial charge on any atom is -0.378 e. The van der Waals surface area contributed by atoms with Gasteiger partial charge < -0.3 is 4.74 Å². The molecule has 2 unspecified atom stereocenters. The van der Waals surface area contributed by atoms with E-state index in [1.54, 1.807) is 0 Å². The van der Waals surface area contributed by atoms with E-state index in [0.717, 1.165) is 19.4 Å². The lowest BCUT2D eigenvalue weighted by molar-refractivity contribution is -0.00582. The van der Waals surface area contributed by atoms with Gasteiger partial charge in [-0.25, -0.2) is 0 Å². The van der Waals surface area contributed by atoms with Crippen molar-refractivity contribution in [3.8, 4) is 0 Å². The van der Waals surface area contributed by atoms with Gasteiger partial charge >= 0.3 is 0 Å². The number of rotatable bonds is 2. The molecule has 1 nitrogen and oxygen atoms in total. The molecule has 1 aliphatic heterocycles. The van der Waals surface area contributed by atoms with Crippen molar-refractivity contribution in [1.29, 1.82) is 0 Å². The molecule has 1 saturated heterocycles. The quantitative estimate of drug-likeness (QED) is 0.572. The Morgan fingerprint density at radius 1 is 1.40 bits per heavy atom. The van der Waals surface area contributed by atoms with Crippen LogP contribution in [0.25, 0.3) is 0 Å². The zero-order valence-electron chi connectivity index (χ0n) is 6.89. The fraction of sp³-hybridized carbons (Fsp3) is 0.889. The molecular formula is C9H16O. The van der Waals surface area contributed by atoms with Crippen LogP contribution in [-0.2, 0) is 4.74 Å². The Morgan fingerprint density at radius 3 is 2.70 bits per heavy atom. The molecule has 0 N–H and O–H groups in total. The van der Waals surface area contributed by atoms with Crippen LogP contribution in [0.2, 0.25) is 0 Å². The summed E-state index contributed by atoms with van der Waals surface area (Å²) in [6.45, 7) is 5.27. The van der Waals surface area contributed by atoms with Crippen LogP contribution < -0.4 is 0 Å². The molecule has 0 aliphatic carbocycles. The van der Waals surface area contributed by atoms with Crippen LogP contribution in [0.4, 0.5) is 0 Å². The Morgan fingerprint density at radius 2 is 2.20 bits per heavy atom. The molecule has 0 aromatic carbocycles. The minimum atomic E-state index is 0.457. The standard InChI is InChI=1S/C9H16O/c1-3-8-6-5-7-10-9(8)4-2/h8-9H,3-5,7H2,1-2H3. The molecule has 0 aromatic heterocycles. The first-order valence-electron chi connectivity index (χ1n) is 4.23. The second-order valence-electron chi connectivity index (χ2n) is 2.79. The number of hydrogen-bond donors (Lipinski definition) is 0. The molecule has 0 aromatic rings. The van der Waals surface area contributed by atoms with Gasteiger partial charge in [0.2, 0.25) is 0 Å². The summed E-state index contributed by atoms with van der Waals surface area (Å²) >= 11 is 0. The summed E-state index contributed by atoms with van der Waals surface area (Å²) in [5, 5.41) is 0. The van der Waals surface area contributed by atoms with Crippen molar-refractivity contribution < 1.29 is 4.74 Å². The summed E-state index contributed by atoms with van der Waals surface area (Å²) in [6.07, 6.45) is 7.23. The van der Waals surface area contributed by atoms with Crippen LogP contribution in [0.1, 0.15) is 33.1 Å². The maximum absolute atomic E-state index is 5.57. The fourth-order valence-corrected chi connectivity index (χ4v) is 1.51. The van der Waals surface area contributed by atoms with Crippen LogP contribution in [0.15, 0.2) is 0 Å². The predicted molar refractivity (Wildman–Crippen MR) is 41.7 cm³/mol. The van der Waals surface area contributed by atoms with Gasteiger partial charge in [0, 0.05) is 6.61 Å². The average Bonchev–Trinajstić information content (AvgIpc) is 2.04. The van der Waals surface area contributed by atoms with E-state index in [0.29, 0.717) is 12.0 Å². The lowest BCUT2D eigenvalue weighted by Crippen LogP contribution is -2.28. The molecular weight excluding hydrogens is 124 g/mol. The first-order chi connectivity index (χ1) is 4.88. The van der Waals surface area contributed by atoms with Crippen LogP contribution in [0.3, 0.4) is 0 Å². The fourth-order valence-electron chi connectivity index (χ4n) is 1.51. The maximum Gasteiger partial charge on any atom is 0.0606 e. The SMILES string of the molecule is CCC1[C]CCOC1CC. The van der Waals surface area contributed by atoms with Gasteiger partial charge in [0.15, 0.2) is 0 Å². The number of ether oxygens (including phenoxy) is 1. The van der Waals surface area contributed by atoms with Crippen molar-refractivity contribution in [3.63, 3.8) is 0 Å². The van der Waals surface area contributed by atoms with Crippen LogP contribution in [0, 0.1) is 12.3 Å². The number of hydrogen-bond acceptors (Lipinski definition) is 1. The molecule has 0 bridgehead atoms. The first-order valence-corrected chi connectivity index (χ1v) is 4.23. The second-order valence-corrected chi connectivity index (χ2v) is 2.79. The molecule has 10 heavy (non-hydrogen) atoms. The van der Waals surface area contributed by atoms with Crippen molar-refractivity contribution in [2.24, 2.45) is 5.92 Å². The maximum atomic E-state index is 5.57. The molecule has 1 aliphatic rings. The Labute approximate surface area is 63.8 Å². The van der Waals surface area contributed by atoms with Gasteiger partial charge in [-0.3, -0.25) is 0 Å². The molecule has 1 rings (SSSR count). The molecule has 1 fully saturated rings. The summed E-state index contributed by atoms with van der Waals surface area (Å²) in [5.74, 6) is 0.596. The third-order valence-corrected chi connectivity index (χ3v) is 2.13. The predicted octanol–water partition coefficient (Wildman–Crippen LogP) is 2.29. The Hall–Kier alpha value is -0.0400. The van der Waals surface area contributed by atoms with E-state index in [9.17, 15) is 0 Å². The molecule has 2 atom stereocenters. The van der Waals surface area contributed by atoms with E-state index in [1.807, 2.05) is 0 Å². The van der Waals surface area contributed by atoms with E-state index in [1.165, 1.54) is 6.42 Å². The van der Waals surface area contributed by atoms with Gasteiger partial charge in [-0.05, 0) is 25.2 Å². The van der Waals surface area contributed by atoms with E-state index >= 15 is 0 Å². The lowest BCUT2D eigenvalue weighted by Gasteiger charge is -2.29. The highest BCUT2D eigenvalue weighted by Gasteiger charge is 2.22. The zero-order chi connectivity index (χ0) is 7.40. The van der Waals surface area contributed by atoms with Crippen molar-refractivity contribution in [1.82, 2.24) is 0 Å². The smallest absolute Gasteiger partial charge is 0.0606 e. The van der Waals surface area contributed by atoms with Gasteiger partial charge in [0.1, 0.15) is 0 Å². The monoisotopic (exact) mass is 140 g/mol. The molecule has 1 heterocycles. The van der Waals surface area contributed by atoms with Crippen molar-refractivity contribution in [2.75, 3.05) is 6.61 Å². The van der Waals surface area contributed by atoms with Crippen LogP contribution in [-0.4, -0.2) is 12.7 Å². The average molecular weight is 140 g/mol. The van der Waals surface area contributed by atoms with Crippen LogP contribution in [0.5, 0.6) is 0 Å². The Kier molecular flexibility index (Phi) is 3.20. The molecule has 0 saturated carbocycles. The Bertz CT molecular complexity index is 78.7. The van der Waals surface area contributed by atoms with Gasteiger partial charge in [-0.2, -0.15) is 0 Å². The third kappa shape index (κ3) is 1.72. The van der Waals surface area contributed by atoms with E-state index in [-0.39, 0.29) is 0 Å². The Balaban J connectivity index is 2.34. The first kappa shape index (κ1) is 8.06.